The molecule has 0 aliphatic heterocycles. The zero-order valence-electron chi connectivity index (χ0n) is 8.93. The van der Waals surface area contributed by atoms with Crippen LogP contribution in [0.2, 0.25) is 0 Å². The molecule has 0 aliphatic rings. The molecule has 0 radical (unpaired) electrons. The van der Waals surface area contributed by atoms with Crippen LogP contribution in [0.25, 0.3) is 0 Å². The van der Waals surface area contributed by atoms with Gasteiger partial charge >= 0.3 is 0 Å². The van der Waals surface area contributed by atoms with Crippen molar-refractivity contribution in [2.24, 2.45) is 5.92 Å². The van der Waals surface area contributed by atoms with E-state index in [9.17, 15) is 0 Å². The lowest BCUT2D eigenvalue weighted by molar-refractivity contribution is 0.829. The predicted molar refractivity (Wildman–Crippen MR) is 59.3 cm³/mol. The summed E-state index contributed by atoms with van der Waals surface area (Å²) in [5, 5.41) is 0. The highest BCUT2D eigenvalue weighted by Gasteiger charge is 1.86. The average molecular weight is 166 g/mol. The van der Waals surface area contributed by atoms with Crippen LogP contribution in [0.4, 0.5) is 0 Å². The molecule has 0 aliphatic carbocycles. The van der Waals surface area contributed by atoms with Gasteiger partial charge in [0.05, 0.1) is 0 Å². The third-order valence-electron chi connectivity index (χ3n) is 1.47. The van der Waals surface area contributed by atoms with E-state index in [1.54, 1.807) is 0 Å². The van der Waals surface area contributed by atoms with E-state index in [1.165, 1.54) is 5.57 Å². The van der Waals surface area contributed by atoms with Gasteiger partial charge in [0, 0.05) is 0 Å². The number of hydrogen-bond donors (Lipinski definition) is 0. The normalized spacial score (nSPS) is 11.6. The van der Waals surface area contributed by atoms with Crippen molar-refractivity contribution in [2.75, 3.05) is 0 Å². The van der Waals surface area contributed by atoms with Crippen molar-refractivity contribution in [3.05, 3.63) is 37.0 Å². The van der Waals surface area contributed by atoms with Gasteiger partial charge in [-0.15, -0.1) is 13.2 Å². The second-order valence-electron chi connectivity index (χ2n) is 2.82. The Hall–Kier alpha value is -0.780. The lowest BCUT2D eigenvalue weighted by Crippen LogP contribution is -1.79. The summed E-state index contributed by atoms with van der Waals surface area (Å²) in [6.07, 6.45) is 7.75. The van der Waals surface area contributed by atoms with Gasteiger partial charge in [-0.3, -0.25) is 0 Å². The molecule has 0 heterocycles. The van der Waals surface area contributed by atoms with E-state index in [0.717, 1.165) is 6.42 Å². The summed E-state index contributed by atoms with van der Waals surface area (Å²) in [5.74, 6) is 0.668. The van der Waals surface area contributed by atoms with Crippen LogP contribution in [-0.2, 0) is 0 Å². The Bertz CT molecular complexity index is 138. The van der Waals surface area contributed by atoms with Crippen molar-refractivity contribution in [1.29, 1.82) is 0 Å². The molecular weight excluding hydrogens is 144 g/mol. The highest BCUT2D eigenvalue weighted by Crippen LogP contribution is 2.04. The highest BCUT2D eigenvalue weighted by atomic mass is 13.9. The topological polar surface area (TPSA) is 0 Å². The molecule has 0 unspecified atom stereocenters. The summed E-state index contributed by atoms with van der Waals surface area (Å²) in [6, 6.07) is 0. The fourth-order valence-corrected chi connectivity index (χ4v) is 0.734. The summed E-state index contributed by atoms with van der Waals surface area (Å²) in [7, 11) is 0. The molecule has 0 aromatic rings. The maximum atomic E-state index is 3.00. The van der Waals surface area contributed by atoms with E-state index in [1.807, 2.05) is 0 Å². The third-order valence-corrected chi connectivity index (χ3v) is 1.47. The standard InChI is InChI=1S/C10H18.C2H4/c1-5-10(6-2)8-7-9(3)4;1-2/h5,7-9H,6H2,1-4H3;1-2H2/b8-7-,10-5-;. The van der Waals surface area contributed by atoms with Gasteiger partial charge in [0.1, 0.15) is 0 Å². The van der Waals surface area contributed by atoms with Gasteiger partial charge in [0.15, 0.2) is 0 Å². The van der Waals surface area contributed by atoms with Gasteiger partial charge in [-0.1, -0.05) is 44.6 Å². The molecule has 0 bridgehead atoms. The first kappa shape index (κ1) is 13.8. The lowest BCUT2D eigenvalue weighted by Gasteiger charge is -1.96. The molecule has 0 heteroatoms. The van der Waals surface area contributed by atoms with Gasteiger partial charge in [-0.05, 0) is 19.3 Å². The first-order valence-corrected chi connectivity index (χ1v) is 4.54. The molecule has 70 valence electrons. The molecule has 0 nitrogen and oxygen atoms in total. The Labute approximate surface area is 77.7 Å². The predicted octanol–water partition coefficient (Wildman–Crippen LogP) is 4.36. The first-order valence-electron chi connectivity index (χ1n) is 4.54. The van der Waals surface area contributed by atoms with Crippen molar-refractivity contribution < 1.29 is 0 Å². The van der Waals surface area contributed by atoms with Crippen LogP contribution in [0.5, 0.6) is 0 Å². The zero-order valence-corrected chi connectivity index (χ0v) is 8.93. The minimum Gasteiger partial charge on any atom is -0.106 e. The van der Waals surface area contributed by atoms with Crippen LogP contribution in [0.3, 0.4) is 0 Å². The van der Waals surface area contributed by atoms with Crippen LogP contribution < -0.4 is 0 Å². The minimum atomic E-state index is 0.668. The average Bonchev–Trinajstić information content (AvgIpc) is 2.09. The monoisotopic (exact) mass is 166 g/mol. The van der Waals surface area contributed by atoms with Gasteiger partial charge in [-0.2, -0.15) is 0 Å². The molecule has 0 atom stereocenters. The molecule has 0 aromatic heterocycles. The van der Waals surface area contributed by atoms with E-state index in [-0.39, 0.29) is 0 Å². The van der Waals surface area contributed by atoms with E-state index < -0.39 is 0 Å². The minimum absolute atomic E-state index is 0.668. The summed E-state index contributed by atoms with van der Waals surface area (Å²) in [4.78, 5) is 0. The highest BCUT2D eigenvalue weighted by molar-refractivity contribution is 5.17. The van der Waals surface area contributed by atoms with Gasteiger partial charge in [-0.25, -0.2) is 0 Å². The molecule has 0 rings (SSSR count). The van der Waals surface area contributed by atoms with Gasteiger partial charge in [0.25, 0.3) is 0 Å². The Morgan fingerprint density at radius 2 is 1.83 bits per heavy atom. The van der Waals surface area contributed by atoms with E-state index in [2.05, 4.69) is 59.1 Å². The largest absolute Gasteiger partial charge is 0.106 e. The SMILES string of the molecule is C/C=C(\C=C/C(C)C)CC.C=C. The van der Waals surface area contributed by atoms with Crippen molar-refractivity contribution >= 4 is 0 Å². The number of allylic oxidation sites excluding steroid dienone is 4. The third kappa shape index (κ3) is 9.22. The number of hydrogen-bond acceptors (Lipinski definition) is 0. The Morgan fingerprint density at radius 3 is 2.08 bits per heavy atom. The maximum absolute atomic E-state index is 3.00. The molecule has 0 saturated carbocycles. The molecule has 0 saturated heterocycles. The van der Waals surface area contributed by atoms with Crippen molar-refractivity contribution in [3.63, 3.8) is 0 Å². The summed E-state index contributed by atoms with van der Waals surface area (Å²) in [5.41, 5.74) is 1.42. The fraction of sp³-hybridized carbons (Fsp3) is 0.500. The van der Waals surface area contributed by atoms with Gasteiger partial charge in [0.2, 0.25) is 0 Å². The van der Waals surface area contributed by atoms with Crippen LogP contribution in [0.15, 0.2) is 37.0 Å². The fourth-order valence-electron chi connectivity index (χ4n) is 0.734. The summed E-state index contributed by atoms with van der Waals surface area (Å²) < 4.78 is 0. The van der Waals surface area contributed by atoms with Crippen molar-refractivity contribution in [3.8, 4) is 0 Å². The molecule has 0 N–H and O–H groups in total. The lowest BCUT2D eigenvalue weighted by atomic mass is 10.1. The molecule has 0 spiro atoms. The second kappa shape index (κ2) is 10.2. The molecule has 12 heavy (non-hydrogen) atoms. The Kier molecular flexibility index (Phi) is 11.7. The second-order valence-corrected chi connectivity index (χ2v) is 2.82. The van der Waals surface area contributed by atoms with E-state index in [4.69, 9.17) is 0 Å². The van der Waals surface area contributed by atoms with Crippen molar-refractivity contribution in [1.82, 2.24) is 0 Å². The van der Waals surface area contributed by atoms with Crippen molar-refractivity contribution in [2.45, 2.75) is 34.1 Å². The zero-order chi connectivity index (χ0) is 9.98. The molecular formula is C12H22. The van der Waals surface area contributed by atoms with Crippen LogP contribution in [0, 0.1) is 5.92 Å². The number of rotatable bonds is 3. The smallest absolute Gasteiger partial charge is 0.0287 e. The summed E-state index contributed by atoms with van der Waals surface area (Å²) in [6.45, 7) is 14.7. The van der Waals surface area contributed by atoms with Crippen LogP contribution in [0.1, 0.15) is 34.1 Å². The Balaban J connectivity index is 0. The molecule has 0 aromatic carbocycles. The van der Waals surface area contributed by atoms with Gasteiger partial charge < -0.3 is 0 Å². The van der Waals surface area contributed by atoms with E-state index >= 15 is 0 Å². The summed E-state index contributed by atoms with van der Waals surface area (Å²) >= 11 is 0. The van der Waals surface area contributed by atoms with E-state index in [0.29, 0.717) is 5.92 Å². The quantitative estimate of drug-likeness (QED) is 0.432. The maximum Gasteiger partial charge on any atom is -0.0287 e. The molecule has 0 fully saturated rings. The first-order chi connectivity index (χ1) is 5.70. The Morgan fingerprint density at radius 1 is 1.33 bits per heavy atom. The van der Waals surface area contributed by atoms with Crippen LogP contribution in [-0.4, -0.2) is 0 Å². The van der Waals surface area contributed by atoms with Crippen LogP contribution >= 0.6 is 0 Å². The molecule has 0 amide bonds.